The van der Waals surface area contributed by atoms with Gasteiger partial charge in [0.1, 0.15) is 11.5 Å². The summed E-state index contributed by atoms with van der Waals surface area (Å²) in [5.74, 6) is -1.18. The lowest BCUT2D eigenvalue weighted by molar-refractivity contribution is -0.148. The zero-order valence-corrected chi connectivity index (χ0v) is 15.7. The van der Waals surface area contributed by atoms with Crippen LogP contribution >= 0.6 is 0 Å². The maximum absolute atomic E-state index is 14.6. The molecule has 3 heterocycles. The van der Waals surface area contributed by atoms with E-state index in [-0.39, 0.29) is 29.5 Å². The first-order valence-electron chi connectivity index (χ1n) is 10.0. The van der Waals surface area contributed by atoms with Crippen LogP contribution in [0.25, 0.3) is 22.6 Å². The summed E-state index contributed by atoms with van der Waals surface area (Å²) >= 11 is 0. The van der Waals surface area contributed by atoms with Gasteiger partial charge in [0, 0.05) is 6.04 Å². The van der Waals surface area contributed by atoms with E-state index < -0.39 is 23.5 Å². The van der Waals surface area contributed by atoms with Gasteiger partial charge in [0.05, 0.1) is 23.7 Å². The molecular formula is C20H18F2N6O2. The molecule has 3 aromatic heterocycles. The number of anilines is 1. The van der Waals surface area contributed by atoms with Crippen LogP contribution in [0.5, 0.6) is 0 Å². The number of hydrogen-bond acceptors (Lipinski definition) is 6. The van der Waals surface area contributed by atoms with Crippen LogP contribution in [-0.4, -0.2) is 42.3 Å². The molecule has 4 saturated carbocycles. The van der Waals surface area contributed by atoms with Crippen LogP contribution in [0.2, 0.25) is 0 Å². The molecule has 0 aliphatic heterocycles. The molecule has 0 radical (unpaired) electrons. The molecule has 2 bridgehead atoms. The largest absolute Gasteiger partial charge is 0.481 e. The fourth-order valence-electron chi connectivity index (χ4n) is 5.78. The highest BCUT2D eigenvalue weighted by atomic mass is 19.1. The summed E-state index contributed by atoms with van der Waals surface area (Å²) in [6.45, 7) is 0. The molecule has 8 nitrogen and oxygen atoms in total. The number of carboxylic acids is 1. The monoisotopic (exact) mass is 412 g/mol. The van der Waals surface area contributed by atoms with Crippen LogP contribution in [0.1, 0.15) is 19.3 Å². The number of hydrogen-bond donors (Lipinski definition) is 3. The minimum atomic E-state index is -0.844. The van der Waals surface area contributed by atoms with E-state index in [2.05, 4.69) is 30.5 Å². The average molecular weight is 412 g/mol. The van der Waals surface area contributed by atoms with Gasteiger partial charge in [-0.05, 0) is 49.0 Å². The number of aromatic nitrogens is 5. The Morgan fingerprint density at radius 3 is 2.77 bits per heavy atom. The smallest absolute Gasteiger partial charge is 0.308 e. The molecule has 154 valence electrons. The first-order chi connectivity index (χ1) is 14.5. The van der Waals surface area contributed by atoms with Gasteiger partial charge in [0.25, 0.3) is 0 Å². The second kappa shape index (κ2) is 6.16. The molecule has 10 heteroatoms. The minimum Gasteiger partial charge on any atom is -0.481 e. The van der Waals surface area contributed by atoms with E-state index in [1.165, 1.54) is 6.07 Å². The standard InChI is InChI=1S/C20H18F2N6O2/c21-7-3-12-16(27-28-17(12)23-5-7)19-24-6-13(22)18(26-19)25-15-9-2-1-8(10-4-11(9)10)14(15)20(29)30/h3,5-6,8-11,14-15H,1-2,4H2,(H,29,30)(H,23,27,28)(H,24,25,26)/t8-,9+,10?,11+,14-,15-/m0/s1. The van der Waals surface area contributed by atoms with Gasteiger partial charge in [0.15, 0.2) is 23.1 Å². The summed E-state index contributed by atoms with van der Waals surface area (Å²) in [6, 6.07) is 0.884. The van der Waals surface area contributed by atoms with E-state index in [0.717, 1.165) is 31.7 Å². The Labute approximate surface area is 169 Å². The third-order valence-electron chi connectivity index (χ3n) is 7.07. The van der Waals surface area contributed by atoms with Crippen molar-refractivity contribution in [2.45, 2.75) is 25.3 Å². The number of pyridine rings is 1. The van der Waals surface area contributed by atoms with Gasteiger partial charge >= 0.3 is 5.97 Å². The first-order valence-corrected chi connectivity index (χ1v) is 10.0. The molecule has 4 fully saturated rings. The maximum atomic E-state index is 14.6. The van der Waals surface area contributed by atoms with Crippen LogP contribution in [0.3, 0.4) is 0 Å². The molecule has 4 aliphatic carbocycles. The van der Waals surface area contributed by atoms with Crippen molar-refractivity contribution in [2.24, 2.45) is 29.6 Å². The molecule has 4 aliphatic rings. The van der Waals surface area contributed by atoms with E-state index in [1.807, 2.05) is 0 Å². The summed E-state index contributed by atoms with van der Waals surface area (Å²) in [5, 5.41) is 20.1. The van der Waals surface area contributed by atoms with E-state index in [1.54, 1.807) is 0 Å². The number of halogens is 2. The lowest BCUT2D eigenvalue weighted by Crippen LogP contribution is -2.53. The first kappa shape index (κ1) is 17.7. The quantitative estimate of drug-likeness (QED) is 0.603. The molecule has 0 aromatic carbocycles. The molecule has 7 rings (SSSR count). The van der Waals surface area contributed by atoms with Gasteiger partial charge in [0.2, 0.25) is 0 Å². The number of carbonyl (C=O) groups is 1. The summed E-state index contributed by atoms with van der Waals surface area (Å²) in [4.78, 5) is 24.2. The number of aliphatic carboxylic acids is 1. The Kier molecular flexibility index (Phi) is 3.63. The number of H-pyrrole nitrogens is 1. The van der Waals surface area contributed by atoms with E-state index in [0.29, 0.717) is 28.6 Å². The fourth-order valence-corrected chi connectivity index (χ4v) is 5.78. The normalized spacial score (nSPS) is 31.5. The van der Waals surface area contributed by atoms with E-state index in [4.69, 9.17) is 0 Å². The van der Waals surface area contributed by atoms with Gasteiger partial charge in [-0.15, -0.1) is 0 Å². The molecule has 30 heavy (non-hydrogen) atoms. The van der Waals surface area contributed by atoms with Crippen molar-refractivity contribution < 1.29 is 18.7 Å². The summed E-state index contributed by atoms with van der Waals surface area (Å²) in [7, 11) is 0. The second-order valence-electron chi connectivity index (χ2n) is 8.52. The average Bonchev–Trinajstić information content (AvgIpc) is 3.45. The second-order valence-corrected chi connectivity index (χ2v) is 8.52. The molecule has 1 unspecified atom stereocenters. The Morgan fingerprint density at radius 2 is 1.93 bits per heavy atom. The predicted octanol–water partition coefficient (Wildman–Crippen LogP) is 2.85. The highest BCUT2D eigenvalue weighted by Crippen LogP contribution is 2.64. The van der Waals surface area contributed by atoms with E-state index >= 15 is 0 Å². The lowest BCUT2D eigenvalue weighted by atomic mass is 9.61. The van der Waals surface area contributed by atoms with Crippen molar-refractivity contribution in [2.75, 3.05) is 5.32 Å². The molecule has 3 N–H and O–H groups in total. The number of carboxylic acid groups (broad SMARTS) is 1. The molecule has 0 spiro atoms. The molecule has 0 amide bonds. The number of nitrogens with zero attached hydrogens (tertiary/aromatic N) is 4. The zero-order chi connectivity index (χ0) is 20.6. The number of fused-ring (bicyclic) bond motifs is 3. The Morgan fingerprint density at radius 1 is 1.13 bits per heavy atom. The van der Waals surface area contributed by atoms with Gasteiger partial charge in [-0.1, -0.05) is 0 Å². The van der Waals surface area contributed by atoms with Crippen LogP contribution in [0, 0.1) is 41.2 Å². The molecule has 3 aromatic rings. The predicted molar refractivity (Wildman–Crippen MR) is 101 cm³/mol. The zero-order valence-electron chi connectivity index (χ0n) is 15.7. The van der Waals surface area contributed by atoms with Crippen LogP contribution in [-0.2, 0) is 4.79 Å². The topological polar surface area (TPSA) is 117 Å². The highest BCUT2D eigenvalue weighted by Gasteiger charge is 2.63. The highest BCUT2D eigenvalue weighted by molar-refractivity contribution is 5.88. The van der Waals surface area contributed by atoms with Crippen LogP contribution in [0.4, 0.5) is 14.6 Å². The SMILES string of the molecule is O=C(O)[C@@H]1[C@@H](Nc2nc(-c3[nH]nc4ncc(F)cc34)ncc2F)[C@@H]2CC[C@H]1C1C[C@@H]12. The van der Waals surface area contributed by atoms with Crippen molar-refractivity contribution >= 4 is 22.8 Å². The van der Waals surface area contributed by atoms with Crippen molar-refractivity contribution in [3.05, 3.63) is 30.1 Å². The summed E-state index contributed by atoms with van der Waals surface area (Å²) in [5.41, 5.74) is 0.617. The van der Waals surface area contributed by atoms with Gasteiger partial charge in [-0.2, -0.15) is 5.10 Å². The van der Waals surface area contributed by atoms with Gasteiger partial charge in [-0.3, -0.25) is 9.89 Å². The van der Waals surface area contributed by atoms with Crippen molar-refractivity contribution in [3.8, 4) is 11.5 Å². The fraction of sp³-hybridized carbons (Fsp3) is 0.450. The Hall–Kier alpha value is -3.17. The van der Waals surface area contributed by atoms with Crippen molar-refractivity contribution in [1.82, 2.24) is 25.1 Å². The number of rotatable bonds is 4. The van der Waals surface area contributed by atoms with Crippen molar-refractivity contribution in [1.29, 1.82) is 0 Å². The summed E-state index contributed by atoms with van der Waals surface area (Å²) < 4.78 is 28.2. The summed E-state index contributed by atoms with van der Waals surface area (Å²) in [6.07, 6.45) is 5.01. The maximum Gasteiger partial charge on any atom is 0.308 e. The van der Waals surface area contributed by atoms with Crippen LogP contribution in [0.15, 0.2) is 18.5 Å². The minimum absolute atomic E-state index is 0.0480. The van der Waals surface area contributed by atoms with E-state index in [9.17, 15) is 18.7 Å². The Balaban J connectivity index is 1.37. The number of nitrogens with one attached hydrogen (secondary N) is 2. The lowest BCUT2D eigenvalue weighted by Gasteiger charge is -2.46. The molecule has 6 atom stereocenters. The Bertz CT molecular complexity index is 1180. The van der Waals surface area contributed by atoms with Crippen molar-refractivity contribution in [3.63, 3.8) is 0 Å². The number of aromatic amines is 1. The van der Waals surface area contributed by atoms with Gasteiger partial charge in [-0.25, -0.2) is 23.7 Å². The van der Waals surface area contributed by atoms with Gasteiger partial charge < -0.3 is 10.4 Å². The molecule has 0 saturated heterocycles. The van der Waals surface area contributed by atoms with Crippen LogP contribution < -0.4 is 5.32 Å². The third kappa shape index (κ3) is 2.52. The molecular weight excluding hydrogens is 394 g/mol. The third-order valence-corrected chi connectivity index (χ3v) is 7.07.